The summed E-state index contributed by atoms with van der Waals surface area (Å²) in [7, 11) is 0. The van der Waals surface area contributed by atoms with Crippen LogP contribution in [0.2, 0.25) is 0 Å². The van der Waals surface area contributed by atoms with Crippen molar-refractivity contribution < 1.29 is 19.0 Å². The normalized spacial score (nSPS) is 27.3. The first kappa shape index (κ1) is 43.6. The smallest absolute Gasteiger partial charge is 0.230 e. The van der Waals surface area contributed by atoms with Gasteiger partial charge in [-0.15, -0.1) is 0 Å². The number of rotatable bonds is 5. The van der Waals surface area contributed by atoms with Gasteiger partial charge in [0.05, 0.1) is 30.3 Å². The predicted molar refractivity (Wildman–Crippen MR) is 251 cm³/mol. The van der Waals surface area contributed by atoms with Gasteiger partial charge in [0.15, 0.2) is 0 Å². The number of alkyl halides is 1. The highest BCUT2D eigenvalue weighted by Crippen LogP contribution is 2.45. The molecule has 5 heterocycles. The lowest BCUT2D eigenvalue weighted by molar-refractivity contribution is -0.137. The van der Waals surface area contributed by atoms with Crippen LogP contribution in [0.15, 0.2) is 109 Å². The van der Waals surface area contributed by atoms with Crippen LogP contribution in [0.1, 0.15) is 129 Å². The highest BCUT2D eigenvalue weighted by Gasteiger charge is 2.45. The maximum atomic E-state index is 13.1. The quantitative estimate of drug-likeness (QED) is 0.147. The summed E-state index contributed by atoms with van der Waals surface area (Å²) in [4.78, 5) is 17.9. The van der Waals surface area contributed by atoms with Crippen LogP contribution in [0.25, 0.3) is 0 Å². The van der Waals surface area contributed by atoms with Crippen molar-refractivity contribution in [1.82, 2.24) is 9.80 Å². The minimum atomic E-state index is -0.0229. The van der Waals surface area contributed by atoms with Crippen molar-refractivity contribution in [2.75, 3.05) is 52.5 Å². The van der Waals surface area contributed by atoms with Crippen LogP contribution in [-0.4, -0.2) is 83.6 Å². The lowest BCUT2D eigenvalue weighted by Gasteiger charge is -2.39. The Kier molecular flexibility index (Phi) is 14.5. The molecule has 1 amide bonds. The first-order valence-electron chi connectivity index (χ1n) is 22.8. The van der Waals surface area contributed by atoms with Gasteiger partial charge in [-0.2, -0.15) is 0 Å². The van der Waals surface area contributed by atoms with E-state index in [1.807, 2.05) is 0 Å². The topological polar surface area (TPSA) is 51.2 Å². The van der Waals surface area contributed by atoms with Gasteiger partial charge in [0.2, 0.25) is 5.91 Å². The van der Waals surface area contributed by atoms with Crippen LogP contribution < -0.4 is 0 Å². The Morgan fingerprint density at radius 2 is 1.15 bits per heavy atom. The van der Waals surface area contributed by atoms with E-state index in [1.54, 1.807) is 11.1 Å². The molecule has 60 heavy (non-hydrogen) atoms. The molecule has 4 aromatic carbocycles. The number of amides is 1. The molecule has 4 aromatic rings. The second-order valence-corrected chi connectivity index (χ2v) is 19.8. The molecule has 5 fully saturated rings. The molecule has 7 aliphatic rings. The molecule has 7 heteroatoms. The van der Waals surface area contributed by atoms with E-state index in [2.05, 4.69) is 142 Å². The number of benzene rings is 4. The summed E-state index contributed by atoms with van der Waals surface area (Å²) in [6, 6.07) is 39.2. The van der Waals surface area contributed by atoms with E-state index in [1.165, 1.54) is 86.8 Å². The first-order valence-corrected chi connectivity index (χ1v) is 24.0. The summed E-state index contributed by atoms with van der Waals surface area (Å²) >= 11 is 2.31. The van der Waals surface area contributed by atoms with Gasteiger partial charge in [-0.25, -0.2) is 0 Å². The molecule has 0 aromatic heterocycles. The Morgan fingerprint density at radius 1 is 0.633 bits per heavy atom. The van der Waals surface area contributed by atoms with Crippen LogP contribution in [0.4, 0.5) is 0 Å². The van der Waals surface area contributed by atoms with Crippen LogP contribution in [0, 0.1) is 0 Å². The molecule has 5 unspecified atom stereocenters. The van der Waals surface area contributed by atoms with E-state index >= 15 is 0 Å². The lowest BCUT2D eigenvalue weighted by atomic mass is 9.83. The molecular weight excluding hydrogens is 855 g/mol. The maximum absolute atomic E-state index is 13.1. The number of carbonyl (C=O) groups excluding carboxylic acids is 1. The molecular formula is C53H67IN2O4. The SMILES string of the molecule is C.IC1CCCO1.O=C(C1CCc2ccccc21)N1CCC2(CC1)CC(c1ccccc1)CO2.c1ccc(C2COC3(CCN(CC4CCc5ccccc54)CC3)C2)cc1. The average molecular weight is 923 g/mol. The number of nitrogens with zero attached hydrogens (tertiary/aromatic N) is 2. The number of hydrogen-bond acceptors (Lipinski definition) is 5. The van der Waals surface area contributed by atoms with Crippen LogP contribution in [0.3, 0.4) is 0 Å². The van der Waals surface area contributed by atoms with E-state index in [9.17, 15) is 4.79 Å². The molecule has 320 valence electrons. The highest BCUT2D eigenvalue weighted by molar-refractivity contribution is 14.1. The molecule has 6 nitrogen and oxygen atoms in total. The van der Waals surface area contributed by atoms with Crippen molar-refractivity contribution in [3.63, 3.8) is 0 Å². The summed E-state index contributed by atoms with van der Waals surface area (Å²) in [5.41, 5.74) is 8.75. The van der Waals surface area contributed by atoms with Crippen molar-refractivity contribution in [2.24, 2.45) is 0 Å². The van der Waals surface area contributed by atoms with Gasteiger partial charge in [0.25, 0.3) is 0 Å². The van der Waals surface area contributed by atoms with Gasteiger partial charge in [0, 0.05) is 51.2 Å². The predicted octanol–water partition coefficient (Wildman–Crippen LogP) is 11.2. The third-order valence-corrected chi connectivity index (χ3v) is 15.7. The molecule has 0 bridgehead atoms. The lowest BCUT2D eigenvalue weighted by Crippen LogP contribution is -2.47. The number of likely N-dealkylation sites (tertiary alicyclic amines) is 2. The summed E-state index contributed by atoms with van der Waals surface area (Å²) in [6.45, 7) is 7.98. The Hall–Kier alpha value is -3.08. The molecule has 2 spiro atoms. The van der Waals surface area contributed by atoms with E-state index in [0.717, 1.165) is 70.9 Å². The monoisotopic (exact) mass is 922 g/mol. The van der Waals surface area contributed by atoms with Crippen molar-refractivity contribution in [3.05, 3.63) is 143 Å². The van der Waals surface area contributed by atoms with Crippen LogP contribution in [-0.2, 0) is 31.8 Å². The number of halogens is 1. The number of carbonyl (C=O) groups is 1. The number of hydrogen-bond donors (Lipinski definition) is 0. The molecule has 5 aliphatic heterocycles. The molecule has 5 atom stereocenters. The van der Waals surface area contributed by atoms with Gasteiger partial charge in [-0.1, -0.05) is 139 Å². The third kappa shape index (κ3) is 10.1. The molecule has 0 N–H and O–H groups in total. The van der Waals surface area contributed by atoms with E-state index < -0.39 is 0 Å². The van der Waals surface area contributed by atoms with Gasteiger partial charge >= 0.3 is 0 Å². The summed E-state index contributed by atoms with van der Waals surface area (Å²) in [5, 5.41) is 0. The van der Waals surface area contributed by atoms with Crippen molar-refractivity contribution in [2.45, 2.75) is 123 Å². The summed E-state index contributed by atoms with van der Waals surface area (Å²) in [5.74, 6) is 2.21. The van der Waals surface area contributed by atoms with Crippen molar-refractivity contribution in [3.8, 4) is 0 Å². The number of ether oxygens (including phenoxy) is 3. The number of fused-ring (bicyclic) bond motifs is 2. The maximum Gasteiger partial charge on any atom is 0.230 e. The Labute approximate surface area is 373 Å². The van der Waals surface area contributed by atoms with E-state index in [-0.39, 0.29) is 24.5 Å². The van der Waals surface area contributed by atoms with E-state index in [4.69, 9.17) is 14.2 Å². The fourth-order valence-corrected chi connectivity index (χ4v) is 12.0. The second-order valence-electron chi connectivity index (χ2n) is 18.4. The van der Waals surface area contributed by atoms with Crippen molar-refractivity contribution >= 4 is 28.5 Å². The fraction of sp³-hybridized carbons (Fsp3) is 0.528. The Bertz CT molecular complexity index is 1970. The molecule has 11 rings (SSSR count). The minimum Gasteiger partial charge on any atom is -0.374 e. The summed E-state index contributed by atoms with van der Waals surface area (Å²) < 4.78 is 18.4. The molecule has 5 saturated heterocycles. The fourth-order valence-electron chi connectivity index (χ4n) is 11.3. The van der Waals surface area contributed by atoms with Crippen molar-refractivity contribution in [1.29, 1.82) is 0 Å². The largest absolute Gasteiger partial charge is 0.374 e. The van der Waals surface area contributed by atoms with Crippen LogP contribution in [0.5, 0.6) is 0 Å². The third-order valence-electron chi connectivity index (χ3n) is 14.8. The number of aryl methyl sites for hydroxylation is 2. The first-order chi connectivity index (χ1) is 28.9. The molecule has 0 saturated carbocycles. The Balaban J connectivity index is 0.000000144. The zero-order chi connectivity index (χ0) is 40.1. The van der Waals surface area contributed by atoms with Gasteiger partial charge in [0.1, 0.15) is 4.11 Å². The van der Waals surface area contributed by atoms with Crippen LogP contribution >= 0.6 is 22.6 Å². The van der Waals surface area contributed by atoms with Gasteiger partial charge < -0.3 is 24.0 Å². The average Bonchev–Trinajstić information content (AvgIpc) is 4.16. The zero-order valence-corrected chi connectivity index (χ0v) is 37.0. The van der Waals surface area contributed by atoms with E-state index in [0.29, 0.717) is 21.9 Å². The van der Waals surface area contributed by atoms with Gasteiger partial charge in [-0.3, -0.25) is 4.79 Å². The minimum absolute atomic E-state index is 0. The zero-order valence-electron chi connectivity index (χ0n) is 34.8. The molecule has 0 radical (unpaired) electrons. The van der Waals surface area contributed by atoms with Gasteiger partial charge in [-0.05, 0) is 116 Å². The number of piperidine rings is 2. The summed E-state index contributed by atoms with van der Waals surface area (Å²) in [6.07, 6.45) is 13.7. The highest BCUT2D eigenvalue weighted by atomic mass is 127. The Morgan fingerprint density at radius 3 is 1.70 bits per heavy atom. The standard InChI is InChI=1S/C24H27NO2.C24H29NO.C4H7IO.CH4/c26-23(22-11-10-19-8-4-5-9-21(19)22)25-14-12-24(13-15-25)16-20(17-27-24)18-6-2-1-3-7-18;1-2-6-19(7-3-1)22-16-24(26-18-22)12-14-25(15-13-24)17-21-11-10-20-8-4-5-9-23(20)21;5-4-2-1-3-6-4;/h1-9,20,22H,10-17H2;1-9,21-22H,10-18H2;4H,1-3H2;1H4. The second kappa shape index (κ2) is 20.0. The molecule has 2 aliphatic carbocycles.